The highest BCUT2D eigenvalue weighted by atomic mass is 16.5. The maximum Gasteiger partial charge on any atom is 0.164 e. The maximum atomic E-state index is 12.2. The molecule has 0 saturated heterocycles. The van der Waals surface area contributed by atoms with Crippen LogP contribution < -0.4 is 0 Å². The van der Waals surface area contributed by atoms with E-state index in [4.69, 9.17) is 4.74 Å². The van der Waals surface area contributed by atoms with Crippen molar-refractivity contribution in [2.75, 3.05) is 26.8 Å². The molecule has 1 rings (SSSR count). The highest BCUT2D eigenvalue weighted by Crippen LogP contribution is 2.11. The minimum absolute atomic E-state index is 0.221. The minimum Gasteiger partial charge on any atom is -0.383 e. The Labute approximate surface area is 122 Å². The summed E-state index contributed by atoms with van der Waals surface area (Å²) in [5.74, 6) is 0.221. The van der Waals surface area contributed by atoms with Crippen molar-refractivity contribution in [1.29, 1.82) is 0 Å². The van der Waals surface area contributed by atoms with Crippen LogP contribution in [0.4, 0.5) is 0 Å². The number of ketones is 1. The second-order valence-electron chi connectivity index (χ2n) is 5.04. The van der Waals surface area contributed by atoms with Crippen molar-refractivity contribution in [2.24, 2.45) is 0 Å². The monoisotopic (exact) mass is 277 g/mol. The van der Waals surface area contributed by atoms with E-state index in [1.54, 1.807) is 7.11 Å². The number of carbonyl (C=O) groups excluding carboxylic acids is 1. The molecule has 0 spiro atoms. The zero-order chi connectivity index (χ0) is 14.8. The van der Waals surface area contributed by atoms with Gasteiger partial charge >= 0.3 is 0 Å². The molecular formula is C17H27NO2. The van der Waals surface area contributed by atoms with E-state index in [2.05, 4.69) is 18.7 Å². The predicted molar refractivity (Wildman–Crippen MR) is 83.2 cm³/mol. The maximum absolute atomic E-state index is 12.2. The van der Waals surface area contributed by atoms with Gasteiger partial charge in [-0.3, -0.25) is 9.69 Å². The van der Waals surface area contributed by atoms with Gasteiger partial charge in [0, 0.05) is 38.2 Å². The molecule has 0 amide bonds. The van der Waals surface area contributed by atoms with Gasteiger partial charge in [0.25, 0.3) is 0 Å². The number of carbonyl (C=O) groups is 1. The second-order valence-corrected chi connectivity index (χ2v) is 5.04. The summed E-state index contributed by atoms with van der Waals surface area (Å²) >= 11 is 0. The summed E-state index contributed by atoms with van der Waals surface area (Å²) in [6.07, 6.45) is 2.80. The van der Waals surface area contributed by atoms with Crippen LogP contribution in [0.2, 0.25) is 0 Å². The lowest BCUT2D eigenvalue weighted by Crippen LogP contribution is -2.38. The molecule has 0 aliphatic rings. The van der Waals surface area contributed by atoms with Crippen molar-refractivity contribution in [1.82, 2.24) is 4.90 Å². The number of nitrogens with zero attached hydrogens (tertiary/aromatic N) is 1. The van der Waals surface area contributed by atoms with E-state index in [1.165, 1.54) is 0 Å². The van der Waals surface area contributed by atoms with Gasteiger partial charge in [0.2, 0.25) is 0 Å². The SMILES string of the molecule is CCC(CC)N(CCOC)CCC(=O)c1ccccc1. The normalized spacial score (nSPS) is 11.2. The summed E-state index contributed by atoms with van der Waals surface area (Å²) in [6.45, 7) is 6.82. The Morgan fingerprint density at radius 1 is 1.15 bits per heavy atom. The van der Waals surface area contributed by atoms with Crippen LogP contribution in [0.3, 0.4) is 0 Å². The third-order valence-electron chi connectivity index (χ3n) is 3.76. The van der Waals surface area contributed by atoms with Crippen LogP contribution in [0, 0.1) is 0 Å². The number of hydrogen-bond acceptors (Lipinski definition) is 3. The van der Waals surface area contributed by atoms with Gasteiger partial charge in [-0.15, -0.1) is 0 Å². The van der Waals surface area contributed by atoms with Gasteiger partial charge in [0.1, 0.15) is 0 Å². The van der Waals surface area contributed by atoms with E-state index in [0.29, 0.717) is 12.5 Å². The Bertz CT molecular complexity index is 374. The van der Waals surface area contributed by atoms with Crippen LogP contribution in [-0.2, 0) is 4.74 Å². The van der Waals surface area contributed by atoms with Crippen LogP contribution in [0.25, 0.3) is 0 Å². The molecule has 0 radical (unpaired) electrons. The molecule has 0 saturated carbocycles. The molecule has 1 aromatic carbocycles. The molecule has 0 aliphatic carbocycles. The van der Waals surface area contributed by atoms with Crippen molar-refractivity contribution in [2.45, 2.75) is 39.2 Å². The molecule has 3 heteroatoms. The van der Waals surface area contributed by atoms with Crippen molar-refractivity contribution >= 4 is 5.78 Å². The molecule has 0 heterocycles. The Kier molecular flexibility index (Phi) is 8.16. The molecule has 0 bridgehead atoms. The van der Waals surface area contributed by atoms with Crippen LogP contribution >= 0.6 is 0 Å². The molecule has 0 aliphatic heterocycles. The Morgan fingerprint density at radius 3 is 2.35 bits per heavy atom. The number of methoxy groups -OCH3 is 1. The van der Waals surface area contributed by atoms with Gasteiger partial charge in [-0.25, -0.2) is 0 Å². The van der Waals surface area contributed by atoms with Gasteiger partial charge in [-0.1, -0.05) is 44.2 Å². The zero-order valence-corrected chi connectivity index (χ0v) is 13.0. The third-order valence-corrected chi connectivity index (χ3v) is 3.76. The number of benzene rings is 1. The lowest BCUT2D eigenvalue weighted by molar-refractivity contribution is 0.0898. The number of ether oxygens (including phenoxy) is 1. The predicted octanol–water partition coefficient (Wildman–Crippen LogP) is 3.40. The van der Waals surface area contributed by atoms with E-state index < -0.39 is 0 Å². The molecule has 0 unspecified atom stereocenters. The van der Waals surface area contributed by atoms with Crippen LogP contribution in [0.1, 0.15) is 43.5 Å². The fourth-order valence-electron chi connectivity index (χ4n) is 2.50. The summed E-state index contributed by atoms with van der Waals surface area (Å²) in [6, 6.07) is 10.1. The van der Waals surface area contributed by atoms with Crippen LogP contribution in [0.5, 0.6) is 0 Å². The highest BCUT2D eigenvalue weighted by molar-refractivity contribution is 5.96. The topological polar surface area (TPSA) is 29.5 Å². The summed E-state index contributed by atoms with van der Waals surface area (Å²) < 4.78 is 5.18. The quantitative estimate of drug-likeness (QED) is 0.614. The van der Waals surface area contributed by atoms with Crippen molar-refractivity contribution in [3.05, 3.63) is 35.9 Å². The molecule has 0 aromatic heterocycles. The average molecular weight is 277 g/mol. The van der Waals surface area contributed by atoms with Crippen LogP contribution in [-0.4, -0.2) is 43.5 Å². The minimum atomic E-state index is 0.221. The molecule has 0 fully saturated rings. The van der Waals surface area contributed by atoms with Gasteiger partial charge in [0.15, 0.2) is 5.78 Å². The van der Waals surface area contributed by atoms with Crippen molar-refractivity contribution < 1.29 is 9.53 Å². The molecule has 112 valence electrons. The molecule has 3 nitrogen and oxygen atoms in total. The van der Waals surface area contributed by atoms with Gasteiger partial charge in [-0.05, 0) is 12.8 Å². The summed E-state index contributed by atoms with van der Waals surface area (Å²) in [5, 5.41) is 0. The summed E-state index contributed by atoms with van der Waals surface area (Å²) in [5.41, 5.74) is 0.809. The first-order valence-corrected chi connectivity index (χ1v) is 7.54. The highest BCUT2D eigenvalue weighted by Gasteiger charge is 2.16. The lowest BCUT2D eigenvalue weighted by Gasteiger charge is -2.30. The molecular weight excluding hydrogens is 250 g/mol. The molecule has 0 atom stereocenters. The first kappa shape index (κ1) is 16.9. The largest absolute Gasteiger partial charge is 0.383 e. The number of rotatable bonds is 10. The van der Waals surface area contributed by atoms with E-state index in [-0.39, 0.29) is 5.78 Å². The van der Waals surface area contributed by atoms with Crippen molar-refractivity contribution in [3.63, 3.8) is 0 Å². The first-order chi connectivity index (χ1) is 9.72. The molecule has 1 aromatic rings. The third kappa shape index (κ3) is 5.43. The average Bonchev–Trinajstić information content (AvgIpc) is 2.50. The smallest absolute Gasteiger partial charge is 0.164 e. The summed E-state index contributed by atoms with van der Waals surface area (Å²) in [4.78, 5) is 14.5. The van der Waals surface area contributed by atoms with E-state index in [1.807, 2.05) is 30.3 Å². The lowest BCUT2D eigenvalue weighted by atomic mass is 10.1. The standard InChI is InChI=1S/C17H27NO2/c1-4-16(5-2)18(13-14-20-3)12-11-17(19)15-9-7-6-8-10-15/h6-10,16H,4-5,11-14H2,1-3H3. The molecule has 0 N–H and O–H groups in total. The van der Waals surface area contributed by atoms with Gasteiger partial charge < -0.3 is 4.74 Å². The van der Waals surface area contributed by atoms with E-state index in [9.17, 15) is 4.79 Å². The van der Waals surface area contributed by atoms with E-state index in [0.717, 1.165) is 38.1 Å². The fourth-order valence-corrected chi connectivity index (χ4v) is 2.50. The van der Waals surface area contributed by atoms with Crippen molar-refractivity contribution in [3.8, 4) is 0 Å². The Hall–Kier alpha value is -1.19. The van der Waals surface area contributed by atoms with Crippen LogP contribution in [0.15, 0.2) is 30.3 Å². The second kappa shape index (κ2) is 9.67. The van der Waals surface area contributed by atoms with Gasteiger partial charge in [0.05, 0.1) is 6.61 Å². The number of hydrogen-bond donors (Lipinski definition) is 0. The Morgan fingerprint density at radius 2 is 1.80 bits per heavy atom. The Balaban J connectivity index is 2.54. The fraction of sp³-hybridized carbons (Fsp3) is 0.588. The zero-order valence-electron chi connectivity index (χ0n) is 13.0. The van der Waals surface area contributed by atoms with Gasteiger partial charge in [-0.2, -0.15) is 0 Å². The first-order valence-electron chi connectivity index (χ1n) is 7.54. The molecule has 20 heavy (non-hydrogen) atoms. The number of Topliss-reactive ketones (excluding diaryl/α,β-unsaturated/α-hetero) is 1. The summed E-state index contributed by atoms with van der Waals surface area (Å²) in [7, 11) is 1.72. The van der Waals surface area contributed by atoms with E-state index >= 15 is 0 Å².